The van der Waals surface area contributed by atoms with Gasteiger partial charge in [-0.2, -0.15) is 0 Å². The van der Waals surface area contributed by atoms with Gasteiger partial charge in [-0.1, -0.05) is 37.1 Å². The van der Waals surface area contributed by atoms with Gasteiger partial charge in [0.2, 0.25) is 11.8 Å². The molecule has 2 aliphatic rings. The van der Waals surface area contributed by atoms with Crippen molar-refractivity contribution in [3.63, 3.8) is 0 Å². The van der Waals surface area contributed by atoms with Crippen molar-refractivity contribution < 1.29 is 19.1 Å². The smallest absolute Gasteiger partial charge is 0.255 e. The molecule has 7 rings (SSSR count). The van der Waals surface area contributed by atoms with Gasteiger partial charge in [0, 0.05) is 49.9 Å². The molecule has 1 saturated heterocycles. The zero-order chi connectivity index (χ0) is 34.8. The molecule has 0 bridgehead atoms. The third-order valence-corrected chi connectivity index (χ3v) is 10.6. The second-order valence-electron chi connectivity index (χ2n) is 13.4. The lowest BCUT2D eigenvalue weighted by molar-refractivity contribution is -0.136. The van der Waals surface area contributed by atoms with E-state index in [1.807, 2.05) is 43.4 Å². The van der Waals surface area contributed by atoms with Crippen LogP contribution in [-0.2, 0) is 22.6 Å². The Morgan fingerprint density at radius 1 is 0.920 bits per heavy atom. The van der Waals surface area contributed by atoms with Gasteiger partial charge in [0.05, 0.1) is 16.8 Å². The summed E-state index contributed by atoms with van der Waals surface area (Å²) in [5.74, 6) is 0.825. The molecule has 50 heavy (non-hydrogen) atoms. The van der Waals surface area contributed by atoms with E-state index in [1.54, 1.807) is 22.3 Å². The summed E-state index contributed by atoms with van der Waals surface area (Å²) in [6.07, 6.45) is 7.81. The Morgan fingerprint density at radius 3 is 2.52 bits per heavy atom. The fourth-order valence-electron chi connectivity index (χ4n) is 6.76. The Labute approximate surface area is 296 Å². The number of anilines is 1. The molecule has 1 fully saturated rings. The third kappa shape index (κ3) is 7.12. The number of amides is 3. The lowest BCUT2D eigenvalue weighted by Gasteiger charge is -2.29. The first-order valence-corrected chi connectivity index (χ1v) is 18.1. The van der Waals surface area contributed by atoms with Crippen LogP contribution in [0.15, 0.2) is 72.9 Å². The van der Waals surface area contributed by atoms with Gasteiger partial charge in [-0.05, 0) is 97.3 Å². The molecule has 1 unspecified atom stereocenters. The molecule has 1 N–H and O–H groups in total. The Morgan fingerprint density at radius 2 is 1.74 bits per heavy atom. The Kier molecular flexibility index (Phi) is 9.63. The standard InChI is InChI=1S/C40H41N5O4S/c1-25-20-27(28-11-17-36(41-23-28)44(2)3)10-13-31(25)39-42-33-15-9-26(21-35(33)50-39)8-6-4-5-7-19-49-30-12-14-32-29(22-30)24-45(40(32)48)34-16-18-37(46)43-38(34)47/h9-15,17,20-23,34H,4-8,16,18-19,24H2,1-3H3,(H,43,46,47). The minimum absolute atomic E-state index is 0.169. The van der Waals surface area contributed by atoms with Gasteiger partial charge in [-0.15, -0.1) is 11.3 Å². The van der Waals surface area contributed by atoms with E-state index in [2.05, 4.69) is 59.7 Å². The number of hydrogen-bond donors (Lipinski definition) is 1. The number of nitrogens with one attached hydrogen (secondary N) is 1. The zero-order valence-electron chi connectivity index (χ0n) is 28.7. The first-order valence-electron chi connectivity index (χ1n) is 17.3. The fraction of sp³-hybridized carbons (Fsp3) is 0.325. The predicted octanol–water partition coefficient (Wildman–Crippen LogP) is 7.34. The van der Waals surface area contributed by atoms with Gasteiger partial charge < -0.3 is 14.5 Å². The highest BCUT2D eigenvalue weighted by Gasteiger charge is 2.39. The topological polar surface area (TPSA) is 105 Å². The summed E-state index contributed by atoms with van der Waals surface area (Å²) in [6, 6.07) is 22.3. The van der Waals surface area contributed by atoms with Gasteiger partial charge in [-0.25, -0.2) is 9.97 Å². The Hall–Kier alpha value is -5.09. The molecular formula is C40H41N5O4S. The van der Waals surface area contributed by atoms with E-state index in [1.165, 1.54) is 21.4 Å². The van der Waals surface area contributed by atoms with Crippen LogP contribution in [0.1, 0.15) is 65.6 Å². The fourth-order valence-corrected chi connectivity index (χ4v) is 7.88. The van der Waals surface area contributed by atoms with Crippen molar-refractivity contribution in [2.45, 2.75) is 64.5 Å². The summed E-state index contributed by atoms with van der Waals surface area (Å²) in [6.45, 7) is 3.11. The zero-order valence-corrected chi connectivity index (χ0v) is 29.5. The quantitative estimate of drug-likeness (QED) is 0.108. The summed E-state index contributed by atoms with van der Waals surface area (Å²) in [5, 5.41) is 3.39. The van der Waals surface area contributed by atoms with Crippen LogP contribution >= 0.6 is 11.3 Å². The molecule has 0 saturated carbocycles. The normalized spacial score (nSPS) is 15.8. The molecule has 0 radical (unpaired) electrons. The van der Waals surface area contributed by atoms with E-state index >= 15 is 0 Å². The number of pyridine rings is 1. The lowest BCUT2D eigenvalue weighted by atomic mass is 10.0. The van der Waals surface area contributed by atoms with Gasteiger partial charge in [0.1, 0.15) is 22.6 Å². The highest BCUT2D eigenvalue weighted by Crippen LogP contribution is 2.35. The predicted molar refractivity (Wildman–Crippen MR) is 198 cm³/mol. The van der Waals surface area contributed by atoms with E-state index in [0.29, 0.717) is 25.1 Å². The Bertz CT molecular complexity index is 2070. The molecule has 3 amide bonds. The highest BCUT2D eigenvalue weighted by atomic mass is 32.1. The average molecular weight is 688 g/mol. The van der Waals surface area contributed by atoms with Crippen LogP contribution < -0.4 is 15.0 Å². The summed E-state index contributed by atoms with van der Waals surface area (Å²) < 4.78 is 7.24. The molecule has 2 aliphatic heterocycles. The molecule has 0 aliphatic carbocycles. The molecule has 1 atom stereocenters. The van der Waals surface area contributed by atoms with E-state index in [0.717, 1.165) is 70.9 Å². The van der Waals surface area contributed by atoms with Crippen molar-refractivity contribution in [2.75, 3.05) is 25.6 Å². The molecule has 3 aromatic carbocycles. The second-order valence-corrected chi connectivity index (χ2v) is 14.4. The summed E-state index contributed by atoms with van der Waals surface area (Å²) in [7, 11) is 3.99. The Balaban J connectivity index is 0.867. The highest BCUT2D eigenvalue weighted by molar-refractivity contribution is 7.21. The van der Waals surface area contributed by atoms with Crippen LogP contribution in [0, 0.1) is 6.92 Å². The number of aryl methyl sites for hydroxylation is 2. The van der Waals surface area contributed by atoms with E-state index in [-0.39, 0.29) is 18.2 Å². The summed E-state index contributed by atoms with van der Waals surface area (Å²) >= 11 is 1.75. The summed E-state index contributed by atoms with van der Waals surface area (Å²) in [4.78, 5) is 49.8. The molecule has 2 aromatic heterocycles. The van der Waals surface area contributed by atoms with Crippen LogP contribution in [-0.4, -0.2) is 59.3 Å². The van der Waals surface area contributed by atoms with Crippen molar-refractivity contribution >= 4 is 45.1 Å². The van der Waals surface area contributed by atoms with Crippen molar-refractivity contribution in [3.8, 4) is 27.4 Å². The minimum atomic E-state index is -0.609. The van der Waals surface area contributed by atoms with Gasteiger partial charge in [-0.3, -0.25) is 19.7 Å². The molecule has 5 aromatic rings. The van der Waals surface area contributed by atoms with Crippen LogP contribution in [0.5, 0.6) is 5.75 Å². The van der Waals surface area contributed by atoms with Gasteiger partial charge in [0.25, 0.3) is 5.91 Å². The van der Waals surface area contributed by atoms with E-state index < -0.39 is 11.9 Å². The molecular weight excluding hydrogens is 647 g/mol. The van der Waals surface area contributed by atoms with Crippen LogP contribution in [0.2, 0.25) is 0 Å². The average Bonchev–Trinajstić information content (AvgIpc) is 3.67. The monoisotopic (exact) mass is 687 g/mol. The third-order valence-electron chi connectivity index (χ3n) is 9.57. The maximum absolute atomic E-state index is 12.9. The molecule has 256 valence electrons. The molecule has 10 heteroatoms. The number of ether oxygens (including phenoxy) is 1. The number of aromatic nitrogens is 2. The van der Waals surface area contributed by atoms with Crippen molar-refractivity contribution in [1.82, 2.24) is 20.2 Å². The maximum Gasteiger partial charge on any atom is 0.255 e. The second kappa shape index (κ2) is 14.4. The number of thiazole rings is 1. The number of fused-ring (bicyclic) bond motifs is 2. The number of unbranched alkanes of at least 4 members (excludes halogenated alkanes) is 3. The number of benzene rings is 3. The number of imide groups is 1. The van der Waals surface area contributed by atoms with Crippen molar-refractivity contribution in [1.29, 1.82) is 0 Å². The number of piperidine rings is 1. The lowest BCUT2D eigenvalue weighted by Crippen LogP contribution is -2.52. The van der Waals surface area contributed by atoms with Crippen molar-refractivity contribution in [3.05, 3.63) is 95.2 Å². The molecule has 4 heterocycles. The van der Waals surface area contributed by atoms with Crippen LogP contribution in [0.25, 0.3) is 31.9 Å². The molecule has 9 nitrogen and oxygen atoms in total. The SMILES string of the molecule is Cc1cc(-c2ccc(N(C)C)nc2)ccc1-c1nc2ccc(CCCCCCOc3ccc4c(c3)CN(C3CCC(=O)NC3=O)C4=O)cc2s1. The molecule has 0 spiro atoms. The maximum atomic E-state index is 12.9. The minimum Gasteiger partial charge on any atom is -0.494 e. The number of rotatable bonds is 12. The largest absolute Gasteiger partial charge is 0.494 e. The van der Waals surface area contributed by atoms with E-state index in [4.69, 9.17) is 9.72 Å². The van der Waals surface area contributed by atoms with Crippen LogP contribution in [0.4, 0.5) is 5.82 Å². The first-order chi connectivity index (χ1) is 24.2. The van der Waals surface area contributed by atoms with E-state index in [9.17, 15) is 14.4 Å². The number of carbonyl (C=O) groups excluding carboxylic acids is 3. The van der Waals surface area contributed by atoms with Crippen LogP contribution in [0.3, 0.4) is 0 Å². The number of hydrogen-bond acceptors (Lipinski definition) is 8. The number of carbonyl (C=O) groups is 3. The summed E-state index contributed by atoms with van der Waals surface area (Å²) in [5.41, 5.74) is 8.45. The first kappa shape index (κ1) is 33.4. The van der Waals surface area contributed by atoms with Gasteiger partial charge >= 0.3 is 0 Å². The van der Waals surface area contributed by atoms with Gasteiger partial charge in [0.15, 0.2) is 0 Å². The number of nitrogens with zero attached hydrogens (tertiary/aromatic N) is 4. The van der Waals surface area contributed by atoms with Crippen molar-refractivity contribution in [2.24, 2.45) is 0 Å².